The number of hydrogen-bond acceptors (Lipinski definition) is 2. The molecular weight excluding hydrogens is 114 g/mol. The summed E-state index contributed by atoms with van der Waals surface area (Å²) < 4.78 is 0. The summed E-state index contributed by atoms with van der Waals surface area (Å²) in [5, 5.41) is 2.82. The molecule has 0 atom stereocenters. The first-order valence-electron chi connectivity index (χ1n) is 2.79. The highest BCUT2D eigenvalue weighted by Crippen LogP contribution is 2.06. The molecule has 0 aromatic heterocycles. The Hall–Kier alpha value is -1.18. The molecule has 0 bridgehead atoms. The lowest BCUT2D eigenvalue weighted by Gasteiger charge is -1.83. The van der Waals surface area contributed by atoms with Crippen molar-refractivity contribution in [2.75, 3.05) is 0 Å². The Morgan fingerprint density at radius 2 is 2.22 bits per heavy atom. The Labute approximate surface area is 53.5 Å². The van der Waals surface area contributed by atoms with Gasteiger partial charge in [0.15, 0.2) is 0 Å². The first kappa shape index (κ1) is 5.95. The maximum atomic E-state index is 9.93. The molecule has 0 unspecified atom stereocenters. The van der Waals surface area contributed by atoms with Crippen molar-refractivity contribution in [1.29, 1.82) is 0 Å². The number of allylic oxidation sites excluding steroid dienone is 5. The van der Waals surface area contributed by atoms with Crippen LogP contribution in [0, 0.1) is 4.91 Å². The molecule has 0 aromatic rings. The van der Waals surface area contributed by atoms with Crippen molar-refractivity contribution in [3.63, 3.8) is 0 Å². The van der Waals surface area contributed by atoms with E-state index >= 15 is 0 Å². The summed E-state index contributed by atoms with van der Waals surface area (Å²) in [6, 6.07) is 0. The smallest absolute Gasteiger partial charge is 0.0886 e. The number of rotatable bonds is 1. The van der Waals surface area contributed by atoms with Crippen molar-refractivity contribution in [3.8, 4) is 0 Å². The van der Waals surface area contributed by atoms with E-state index in [4.69, 9.17) is 0 Å². The fourth-order valence-electron chi connectivity index (χ4n) is 0.634. The molecule has 46 valence electrons. The fraction of sp³-hybridized carbons (Fsp3) is 0.143. The third-order valence-corrected chi connectivity index (χ3v) is 1.09. The van der Waals surface area contributed by atoms with E-state index in [9.17, 15) is 4.91 Å². The van der Waals surface area contributed by atoms with Gasteiger partial charge in [-0.25, -0.2) is 0 Å². The van der Waals surface area contributed by atoms with Crippen LogP contribution in [0.25, 0.3) is 0 Å². The summed E-state index contributed by atoms with van der Waals surface area (Å²) in [5.41, 5.74) is 0.583. The predicted octanol–water partition coefficient (Wildman–Crippen LogP) is 2.15. The topological polar surface area (TPSA) is 29.4 Å². The molecule has 9 heavy (non-hydrogen) atoms. The molecule has 0 aromatic carbocycles. The van der Waals surface area contributed by atoms with Crippen LogP contribution in [0.2, 0.25) is 0 Å². The van der Waals surface area contributed by atoms with Crippen LogP contribution in [-0.4, -0.2) is 0 Å². The van der Waals surface area contributed by atoms with E-state index in [1.54, 1.807) is 12.2 Å². The van der Waals surface area contributed by atoms with E-state index < -0.39 is 0 Å². The van der Waals surface area contributed by atoms with Gasteiger partial charge in [0.1, 0.15) is 0 Å². The largest absolute Gasteiger partial charge is 0.145 e. The van der Waals surface area contributed by atoms with Crippen LogP contribution >= 0.6 is 0 Å². The van der Waals surface area contributed by atoms with Gasteiger partial charge < -0.3 is 0 Å². The Kier molecular flexibility index (Phi) is 1.96. The SMILES string of the molecule is O=NC1=CC=CC=CC1. The fourth-order valence-corrected chi connectivity index (χ4v) is 0.634. The van der Waals surface area contributed by atoms with Crippen molar-refractivity contribution >= 4 is 0 Å². The van der Waals surface area contributed by atoms with Gasteiger partial charge in [0.25, 0.3) is 0 Å². The van der Waals surface area contributed by atoms with Crippen molar-refractivity contribution in [3.05, 3.63) is 41.0 Å². The molecule has 2 heteroatoms. The first-order valence-corrected chi connectivity index (χ1v) is 2.79. The number of hydrogen-bond donors (Lipinski definition) is 0. The average molecular weight is 121 g/mol. The van der Waals surface area contributed by atoms with Gasteiger partial charge in [-0.2, -0.15) is 0 Å². The summed E-state index contributed by atoms with van der Waals surface area (Å²) >= 11 is 0. The van der Waals surface area contributed by atoms with Crippen LogP contribution in [0.3, 0.4) is 0 Å². The summed E-state index contributed by atoms with van der Waals surface area (Å²) in [5.74, 6) is 0. The van der Waals surface area contributed by atoms with E-state index in [2.05, 4.69) is 5.18 Å². The van der Waals surface area contributed by atoms with Crippen molar-refractivity contribution in [1.82, 2.24) is 0 Å². The average Bonchev–Trinajstić information content (AvgIpc) is 2.13. The lowest BCUT2D eigenvalue weighted by atomic mass is 10.3. The highest BCUT2D eigenvalue weighted by molar-refractivity contribution is 5.22. The Bertz CT molecular complexity index is 189. The molecule has 0 aliphatic heterocycles. The Balaban J connectivity index is 2.73. The molecule has 0 amide bonds. The molecule has 0 radical (unpaired) electrons. The van der Waals surface area contributed by atoms with Gasteiger partial charge in [-0.3, -0.25) is 0 Å². The van der Waals surface area contributed by atoms with Crippen molar-refractivity contribution in [2.45, 2.75) is 6.42 Å². The molecule has 1 aliphatic carbocycles. The lowest BCUT2D eigenvalue weighted by molar-refractivity contribution is 1.16. The standard InChI is InChI=1S/C7H7NO/c9-8-7-5-3-1-2-4-6-7/h1-5H,6H2. The minimum Gasteiger partial charge on any atom is -0.145 e. The molecule has 0 fully saturated rings. The van der Waals surface area contributed by atoms with Gasteiger partial charge in [-0.15, -0.1) is 4.91 Å². The van der Waals surface area contributed by atoms with E-state index in [1.807, 2.05) is 18.2 Å². The molecule has 2 nitrogen and oxygen atoms in total. The van der Waals surface area contributed by atoms with Gasteiger partial charge in [0.2, 0.25) is 0 Å². The highest BCUT2D eigenvalue weighted by Gasteiger charge is 1.91. The van der Waals surface area contributed by atoms with Gasteiger partial charge in [-0.05, 0) is 11.3 Å². The molecule has 0 saturated carbocycles. The maximum Gasteiger partial charge on any atom is 0.0886 e. The van der Waals surface area contributed by atoms with Crippen LogP contribution in [-0.2, 0) is 0 Å². The van der Waals surface area contributed by atoms with Crippen LogP contribution in [0.4, 0.5) is 0 Å². The molecule has 0 spiro atoms. The molecular formula is C7H7NO. The minimum absolute atomic E-state index is 0.583. The third-order valence-electron chi connectivity index (χ3n) is 1.09. The van der Waals surface area contributed by atoms with Crippen LogP contribution < -0.4 is 0 Å². The minimum atomic E-state index is 0.583. The van der Waals surface area contributed by atoms with Crippen molar-refractivity contribution in [2.24, 2.45) is 5.18 Å². The van der Waals surface area contributed by atoms with E-state index in [1.165, 1.54) is 0 Å². The predicted molar refractivity (Wildman–Crippen MR) is 36.8 cm³/mol. The summed E-state index contributed by atoms with van der Waals surface area (Å²) in [6.07, 6.45) is 9.84. The zero-order valence-electron chi connectivity index (χ0n) is 4.95. The van der Waals surface area contributed by atoms with Crippen LogP contribution in [0.1, 0.15) is 6.42 Å². The van der Waals surface area contributed by atoms with E-state index in [0.717, 1.165) is 0 Å². The lowest BCUT2D eigenvalue weighted by Crippen LogP contribution is -1.69. The summed E-state index contributed by atoms with van der Waals surface area (Å²) in [7, 11) is 0. The quantitative estimate of drug-likeness (QED) is 0.489. The molecule has 1 aliphatic rings. The van der Waals surface area contributed by atoms with Crippen LogP contribution in [0.15, 0.2) is 41.3 Å². The Morgan fingerprint density at radius 1 is 1.33 bits per heavy atom. The molecule has 0 N–H and O–H groups in total. The normalized spacial score (nSPS) is 16.7. The van der Waals surface area contributed by atoms with E-state index in [-0.39, 0.29) is 0 Å². The van der Waals surface area contributed by atoms with Crippen molar-refractivity contribution < 1.29 is 0 Å². The molecule has 1 rings (SSSR count). The van der Waals surface area contributed by atoms with E-state index in [0.29, 0.717) is 12.1 Å². The number of nitroso groups, excluding NO2 is 1. The zero-order valence-corrected chi connectivity index (χ0v) is 4.95. The van der Waals surface area contributed by atoms with Gasteiger partial charge in [-0.1, -0.05) is 24.3 Å². The maximum absolute atomic E-state index is 9.93. The number of nitrogens with zero attached hydrogens (tertiary/aromatic N) is 1. The van der Waals surface area contributed by atoms with Crippen LogP contribution in [0.5, 0.6) is 0 Å². The second-order valence-electron chi connectivity index (χ2n) is 1.77. The molecule has 0 saturated heterocycles. The monoisotopic (exact) mass is 121 g/mol. The zero-order chi connectivity index (χ0) is 6.53. The Morgan fingerprint density at radius 3 is 3.00 bits per heavy atom. The molecule has 0 heterocycles. The van der Waals surface area contributed by atoms with Gasteiger partial charge in [0.05, 0.1) is 5.70 Å². The first-order chi connectivity index (χ1) is 4.43. The third kappa shape index (κ3) is 1.64. The van der Waals surface area contributed by atoms with Gasteiger partial charge >= 0.3 is 0 Å². The summed E-state index contributed by atoms with van der Waals surface area (Å²) in [6.45, 7) is 0. The summed E-state index contributed by atoms with van der Waals surface area (Å²) in [4.78, 5) is 9.93. The second-order valence-corrected chi connectivity index (χ2v) is 1.77. The second kappa shape index (κ2) is 2.97. The van der Waals surface area contributed by atoms with Gasteiger partial charge in [0, 0.05) is 6.42 Å². The highest BCUT2D eigenvalue weighted by atomic mass is 16.3.